The summed E-state index contributed by atoms with van der Waals surface area (Å²) < 4.78 is 10.6. The van der Waals surface area contributed by atoms with Crippen molar-refractivity contribution in [2.45, 2.75) is 39.3 Å². The number of nitrogens with two attached hydrogens (primary N) is 1. The monoisotopic (exact) mass is 264 g/mol. The fourth-order valence-electron chi connectivity index (χ4n) is 1.95. The second kappa shape index (κ2) is 5.09. The van der Waals surface area contributed by atoms with Crippen LogP contribution in [0.4, 0.5) is 0 Å². The Morgan fingerprint density at radius 1 is 1.37 bits per heavy atom. The normalized spacial score (nSPS) is 13.5. The average molecular weight is 264 g/mol. The molecular weight excluding hydrogens is 244 g/mol. The summed E-state index contributed by atoms with van der Waals surface area (Å²) in [4.78, 5) is 11.7. The molecule has 0 atom stereocenters. The van der Waals surface area contributed by atoms with Gasteiger partial charge in [-0.1, -0.05) is 0 Å². The maximum atomic E-state index is 11.7. The van der Waals surface area contributed by atoms with Crippen LogP contribution >= 0.6 is 0 Å². The van der Waals surface area contributed by atoms with Crippen molar-refractivity contribution >= 4 is 5.91 Å². The molecule has 19 heavy (non-hydrogen) atoms. The molecule has 1 amide bonds. The van der Waals surface area contributed by atoms with Crippen molar-refractivity contribution in [3.63, 3.8) is 0 Å². The minimum atomic E-state index is -0.492. The van der Waals surface area contributed by atoms with Crippen LogP contribution in [0.3, 0.4) is 0 Å². The first-order valence-corrected chi connectivity index (χ1v) is 6.30. The lowest BCUT2D eigenvalue weighted by Crippen LogP contribution is -2.38. The van der Waals surface area contributed by atoms with Crippen LogP contribution in [0.1, 0.15) is 31.4 Å². The van der Waals surface area contributed by atoms with Gasteiger partial charge in [0.25, 0.3) is 0 Å². The number of amides is 1. The Morgan fingerprint density at radius 2 is 2.00 bits per heavy atom. The third-order valence-corrected chi connectivity index (χ3v) is 2.92. The number of carbonyl (C=O) groups is 1. The van der Waals surface area contributed by atoms with Crippen molar-refractivity contribution < 1.29 is 14.3 Å². The summed E-state index contributed by atoms with van der Waals surface area (Å²) in [6.45, 7) is 6.37. The van der Waals surface area contributed by atoms with Crippen molar-refractivity contribution in [3.8, 4) is 11.5 Å². The molecule has 1 aliphatic rings. The first kappa shape index (κ1) is 13.7. The van der Waals surface area contributed by atoms with Crippen LogP contribution in [-0.2, 0) is 11.3 Å². The third-order valence-electron chi connectivity index (χ3n) is 2.92. The van der Waals surface area contributed by atoms with E-state index in [9.17, 15) is 4.79 Å². The van der Waals surface area contributed by atoms with Gasteiger partial charge in [0, 0.05) is 18.5 Å². The summed E-state index contributed by atoms with van der Waals surface area (Å²) in [5.41, 5.74) is 7.41. The molecule has 0 aromatic heterocycles. The SMILES string of the molecule is Cc1cc2c(cc1CNC(=O)CC(C)(C)N)OCO2. The van der Waals surface area contributed by atoms with Crippen LogP contribution in [0.2, 0.25) is 0 Å². The molecule has 2 rings (SSSR count). The highest BCUT2D eigenvalue weighted by Gasteiger charge is 2.18. The molecule has 1 aromatic rings. The maximum absolute atomic E-state index is 11.7. The number of nitrogens with one attached hydrogen (secondary N) is 1. The number of hydrogen-bond donors (Lipinski definition) is 2. The Balaban J connectivity index is 1.98. The van der Waals surface area contributed by atoms with E-state index in [0.29, 0.717) is 13.0 Å². The highest BCUT2D eigenvalue weighted by atomic mass is 16.7. The maximum Gasteiger partial charge on any atom is 0.231 e. The van der Waals surface area contributed by atoms with Crippen molar-refractivity contribution in [2.24, 2.45) is 5.73 Å². The molecule has 5 nitrogen and oxygen atoms in total. The molecule has 104 valence electrons. The summed E-state index contributed by atoms with van der Waals surface area (Å²) in [5.74, 6) is 1.44. The van der Waals surface area contributed by atoms with Crippen molar-refractivity contribution in [1.82, 2.24) is 5.32 Å². The number of fused-ring (bicyclic) bond motifs is 1. The van der Waals surface area contributed by atoms with E-state index < -0.39 is 5.54 Å². The molecule has 1 aromatic carbocycles. The molecular formula is C14H20N2O3. The van der Waals surface area contributed by atoms with Crippen LogP contribution < -0.4 is 20.5 Å². The standard InChI is InChI=1S/C14H20N2O3/c1-9-4-11-12(19-8-18-11)5-10(9)7-16-13(17)6-14(2,3)15/h4-5H,6-8,15H2,1-3H3,(H,16,17). The summed E-state index contributed by atoms with van der Waals surface area (Å²) >= 11 is 0. The molecule has 1 aliphatic heterocycles. The third kappa shape index (κ3) is 3.61. The Morgan fingerprint density at radius 3 is 2.63 bits per heavy atom. The van der Waals surface area contributed by atoms with Crippen molar-refractivity contribution in [3.05, 3.63) is 23.3 Å². The van der Waals surface area contributed by atoms with Gasteiger partial charge in [-0.05, 0) is 44.0 Å². The summed E-state index contributed by atoms with van der Waals surface area (Å²) in [7, 11) is 0. The highest BCUT2D eigenvalue weighted by Crippen LogP contribution is 2.34. The van der Waals surface area contributed by atoms with Crippen molar-refractivity contribution in [1.29, 1.82) is 0 Å². The molecule has 5 heteroatoms. The van der Waals surface area contributed by atoms with Gasteiger partial charge in [-0.2, -0.15) is 0 Å². The fraction of sp³-hybridized carbons (Fsp3) is 0.500. The lowest BCUT2D eigenvalue weighted by Gasteiger charge is -2.18. The van der Waals surface area contributed by atoms with E-state index in [1.165, 1.54) is 0 Å². The van der Waals surface area contributed by atoms with Crippen LogP contribution in [0, 0.1) is 6.92 Å². The van der Waals surface area contributed by atoms with Gasteiger partial charge < -0.3 is 20.5 Å². The van der Waals surface area contributed by atoms with Gasteiger partial charge in [-0.25, -0.2) is 0 Å². The summed E-state index contributed by atoms with van der Waals surface area (Å²) in [6.07, 6.45) is 0.302. The van der Waals surface area contributed by atoms with Gasteiger partial charge in [0.1, 0.15) is 0 Å². The quantitative estimate of drug-likeness (QED) is 0.863. The minimum absolute atomic E-state index is 0.0513. The second-order valence-corrected chi connectivity index (χ2v) is 5.57. The van der Waals surface area contributed by atoms with E-state index in [-0.39, 0.29) is 12.7 Å². The van der Waals surface area contributed by atoms with Crippen LogP contribution in [0.25, 0.3) is 0 Å². The second-order valence-electron chi connectivity index (χ2n) is 5.57. The Hall–Kier alpha value is -1.75. The molecule has 1 heterocycles. The zero-order valence-electron chi connectivity index (χ0n) is 11.6. The topological polar surface area (TPSA) is 73.6 Å². The predicted molar refractivity (Wildman–Crippen MR) is 72.0 cm³/mol. The van der Waals surface area contributed by atoms with E-state index in [1.54, 1.807) is 0 Å². The first-order chi connectivity index (χ1) is 8.85. The van der Waals surface area contributed by atoms with Gasteiger partial charge >= 0.3 is 0 Å². The van der Waals surface area contributed by atoms with Crippen LogP contribution in [0.5, 0.6) is 11.5 Å². The van der Waals surface area contributed by atoms with Crippen LogP contribution in [-0.4, -0.2) is 18.2 Å². The van der Waals surface area contributed by atoms with Gasteiger partial charge in [0.2, 0.25) is 12.7 Å². The largest absolute Gasteiger partial charge is 0.454 e. The number of ether oxygens (including phenoxy) is 2. The summed E-state index contributed by atoms with van der Waals surface area (Å²) in [6, 6.07) is 3.84. The van der Waals surface area contributed by atoms with E-state index in [4.69, 9.17) is 15.2 Å². The van der Waals surface area contributed by atoms with Crippen LogP contribution in [0.15, 0.2) is 12.1 Å². The average Bonchev–Trinajstić information content (AvgIpc) is 2.70. The smallest absolute Gasteiger partial charge is 0.231 e. The predicted octanol–water partition coefficient (Wildman–Crippen LogP) is 1.47. The Kier molecular flexibility index (Phi) is 3.66. The molecule has 3 N–H and O–H groups in total. The number of rotatable bonds is 4. The van der Waals surface area contributed by atoms with Gasteiger partial charge in [0.15, 0.2) is 11.5 Å². The zero-order valence-corrected chi connectivity index (χ0v) is 11.6. The van der Waals surface area contributed by atoms with E-state index in [0.717, 1.165) is 22.6 Å². The molecule has 0 saturated heterocycles. The number of aryl methyl sites for hydroxylation is 1. The van der Waals surface area contributed by atoms with E-state index in [2.05, 4.69) is 5.32 Å². The van der Waals surface area contributed by atoms with Gasteiger partial charge in [-0.15, -0.1) is 0 Å². The van der Waals surface area contributed by atoms with Gasteiger partial charge in [0.05, 0.1) is 0 Å². The number of hydrogen-bond acceptors (Lipinski definition) is 4. The Labute approximate surface area is 113 Å². The molecule has 0 aliphatic carbocycles. The molecule has 0 radical (unpaired) electrons. The fourth-order valence-corrected chi connectivity index (χ4v) is 1.95. The summed E-state index contributed by atoms with van der Waals surface area (Å²) in [5, 5.41) is 2.87. The molecule has 0 unspecified atom stereocenters. The zero-order chi connectivity index (χ0) is 14.0. The lowest BCUT2D eigenvalue weighted by molar-refractivity contribution is -0.122. The van der Waals surface area contributed by atoms with E-state index >= 15 is 0 Å². The highest BCUT2D eigenvalue weighted by molar-refractivity contribution is 5.77. The van der Waals surface area contributed by atoms with E-state index in [1.807, 2.05) is 32.9 Å². The first-order valence-electron chi connectivity index (χ1n) is 6.30. The van der Waals surface area contributed by atoms with Crippen molar-refractivity contribution in [2.75, 3.05) is 6.79 Å². The molecule has 0 fully saturated rings. The number of benzene rings is 1. The molecule has 0 spiro atoms. The van der Waals surface area contributed by atoms with Gasteiger partial charge in [-0.3, -0.25) is 4.79 Å². The minimum Gasteiger partial charge on any atom is -0.454 e. The molecule has 0 bridgehead atoms. The lowest BCUT2D eigenvalue weighted by atomic mass is 10.0. The Bertz CT molecular complexity index is 492. The molecule has 0 saturated carbocycles. The number of carbonyl (C=O) groups excluding carboxylic acids is 1.